The third-order valence-corrected chi connectivity index (χ3v) is 3.24. The molecule has 0 radical (unpaired) electrons. The normalized spacial score (nSPS) is 31.0. The molecule has 1 fully saturated rings. The van der Waals surface area contributed by atoms with Gasteiger partial charge in [0.15, 0.2) is 12.3 Å². The van der Waals surface area contributed by atoms with Gasteiger partial charge in [-0.2, -0.15) is 9.81 Å². The number of nitrogens with two attached hydrogens (primary N) is 1. The maximum atomic E-state index is 10.8. The van der Waals surface area contributed by atoms with Gasteiger partial charge in [0.25, 0.3) is 0 Å². The van der Waals surface area contributed by atoms with E-state index in [0.29, 0.717) is 26.4 Å². The molecule has 5 atom stereocenters. The topological polar surface area (TPSA) is 162 Å². The van der Waals surface area contributed by atoms with Crippen molar-refractivity contribution in [1.29, 1.82) is 0 Å². The molecule has 0 amide bonds. The molecule has 0 aromatic carbocycles. The third kappa shape index (κ3) is 6.14. The van der Waals surface area contributed by atoms with Gasteiger partial charge in [-0.3, -0.25) is 0 Å². The van der Waals surface area contributed by atoms with E-state index in [-0.39, 0.29) is 13.2 Å². The second-order valence-electron chi connectivity index (χ2n) is 4.79. The van der Waals surface area contributed by atoms with E-state index in [1.165, 1.54) is 0 Å². The lowest BCUT2D eigenvalue weighted by atomic mass is 9.95. The second-order valence-corrected chi connectivity index (χ2v) is 4.79. The molecule has 0 bridgehead atoms. The number of hydrogen-bond acceptors (Lipinski definition) is 11. The number of nitrogens with zero attached hydrogens (tertiary/aromatic N) is 2. The van der Waals surface area contributed by atoms with Crippen molar-refractivity contribution in [3.63, 3.8) is 0 Å². The molecule has 134 valence electrons. The Morgan fingerprint density at radius 1 is 1.00 bits per heavy atom. The number of ether oxygens (including phenoxy) is 4. The van der Waals surface area contributed by atoms with E-state index in [1.54, 1.807) is 0 Å². The Hall–Kier alpha value is -1.08. The fourth-order valence-corrected chi connectivity index (χ4v) is 2.09. The van der Waals surface area contributed by atoms with Crippen LogP contribution in [0.5, 0.6) is 0 Å². The SMILES string of the molecule is NCCOCCOCCOC1OC(CO)C(N=O)C(N=O)C1O. The third-order valence-electron chi connectivity index (χ3n) is 3.24. The van der Waals surface area contributed by atoms with Crippen LogP contribution < -0.4 is 5.73 Å². The minimum absolute atomic E-state index is 0.0710. The van der Waals surface area contributed by atoms with Crippen molar-refractivity contribution in [2.24, 2.45) is 16.1 Å². The molecule has 11 heteroatoms. The van der Waals surface area contributed by atoms with Crippen LogP contribution in [-0.2, 0) is 18.9 Å². The van der Waals surface area contributed by atoms with E-state index >= 15 is 0 Å². The highest BCUT2D eigenvalue weighted by Gasteiger charge is 2.47. The first kappa shape index (κ1) is 20.0. The standard InChI is InChI=1S/C12H23N3O8/c13-1-2-20-3-4-21-5-6-22-12-11(17)10(15-19)9(14-18)8(7-16)23-12/h8-12,16-17H,1-7,13H2. The van der Waals surface area contributed by atoms with E-state index in [4.69, 9.17) is 24.7 Å². The zero-order valence-electron chi connectivity index (χ0n) is 12.7. The summed E-state index contributed by atoms with van der Waals surface area (Å²) in [4.78, 5) is 21.5. The molecule has 4 N–H and O–H groups in total. The average molecular weight is 337 g/mol. The summed E-state index contributed by atoms with van der Waals surface area (Å²) in [6.07, 6.45) is -3.72. The van der Waals surface area contributed by atoms with Crippen LogP contribution in [-0.4, -0.2) is 87.0 Å². The van der Waals surface area contributed by atoms with Crippen molar-refractivity contribution in [3.05, 3.63) is 9.81 Å². The van der Waals surface area contributed by atoms with Crippen LogP contribution in [0.25, 0.3) is 0 Å². The number of hydrogen-bond donors (Lipinski definition) is 3. The van der Waals surface area contributed by atoms with Crippen LogP contribution in [0.4, 0.5) is 0 Å². The van der Waals surface area contributed by atoms with Crippen LogP contribution in [0, 0.1) is 9.81 Å². The number of aliphatic hydroxyl groups is 2. The Labute approximate surface area is 133 Å². The summed E-state index contributed by atoms with van der Waals surface area (Å²) >= 11 is 0. The Bertz CT molecular complexity index is 348. The lowest BCUT2D eigenvalue weighted by molar-refractivity contribution is -0.257. The summed E-state index contributed by atoms with van der Waals surface area (Å²) in [6.45, 7) is 1.37. The summed E-state index contributed by atoms with van der Waals surface area (Å²) in [5.74, 6) is 0. The van der Waals surface area contributed by atoms with Crippen LogP contribution in [0.1, 0.15) is 0 Å². The number of rotatable bonds is 12. The van der Waals surface area contributed by atoms with Gasteiger partial charge in [-0.1, -0.05) is 10.4 Å². The quantitative estimate of drug-likeness (QED) is 0.279. The average Bonchev–Trinajstić information content (AvgIpc) is 2.57. The van der Waals surface area contributed by atoms with Gasteiger partial charge >= 0.3 is 0 Å². The predicted molar refractivity (Wildman–Crippen MR) is 77.6 cm³/mol. The van der Waals surface area contributed by atoms with E-state index in [2.05, 4.69) is 10.4 Å². The molecule has 11 nitrogen and oxygen atoms in total. The Balaban J connectivity index is 2.32. The van der Waals surface area contributed by atoms with E-state index in [9.17, 15) is 20.0 Å². The van der Waals surface area contributed by atoms with E-state index in [1.807, 2.05) is 0 Å². The van der Waals surface area contributed by atoms with Gasteiger partial charge in [0.1, 0.15) is 18.2 Å². The molecule has 1 saturated heterocycles. The van der Waals surface area contributed by atoms with Gasteiger partial charge < -0.3 is 34.9 Å². The number of nitroso groups, excluding NO2 is 2. The Morgan fingerprint density at radius 2 is 1.61 bits per heavy atom. The summed E-state index contributed by atoms with van der Waals surface area (Å²) in [5, 5.41) is 24.5. The van der Waals surface area contributed by atoms with Gasteiger partial charge in [-0.05, 0) is 0 Å². The molecule has 0 spiro atoms. The van der Waals surface area contributed by atoms with Gasteiger partial charge in [0.2, 0.25) is 0 Å². The molecular formula is C12H23N3O8. The summed E-state index contributed by atoms with van der Waals surface area (Å²) in [7, 11) is 0. The van der Waals surface area contributed by atoms with Crippen molar-refractivity contribution >= 4 is 0 Å². The molecular weight excluding hydrogens is 314 g/mol. The molecule has 0 saturated carbocycles. The summed E-state index contributed by atoms with van der Waals surface area (Å²) in [5.41, 5.74) is 5.25. The highest BCUT2D eigenvalue weighted by Crippen LogP contribution is 2.26. The first-order chi connectivity index (χ1) is 11.2. The molecule has 1 aliphatic heterocycles. The smallest absolute Gasteiger partial charge is 0.186 e. The van der Waals surface area contributed by atoms with Gasteiger partial charge in [0, 0.05) is 6.54 Å². The van der Waals surface area contributed by atoms with Crippen LogP contribution in [0.15, 0.2) is 10.4 Å². The minimum Gasteiger partial charge on any atom is -0.394 e. The van der Waals surface area contributed by atoms with Gasteiger partial charge in [-0.25, -0.2) is 0 Å². The molecule has 0 aliphatic carbocycles. The van der Waals surface area contributed by atoms with Crippen molar-refractivity contribution in [3.8, 4) is 0 Å². The summed E-state index contributed by atoms with van der Waals surface area (Å²) < 4.78 is 20.8. The fourth-order valence-electron chi connectivity index (χ4n) is 2.09. The lowest BCUT2D eigenvalue weighted by Crippen LogP contribution is -2.57. The van der Waals surface area contributed by atoms with Crippen molar-refractivity contribution < 1.29 is 29.2 Å². The van der Waals surface area contributed by atoms with Crippen molar-refractivity contribution in [1.82, 2.24) is 0 Å². The Kier molecular flexibility index (Phi) is 9.94. The molecule has 5 unspecified atom stereocenters. The van der Waals surface area contributed by atoms with Gasteiger partial charge in [0.05, 0.1) is 39.6 Å². The monoisotopic (exact) mass is 337 g/mol. The number of aliphatic hydroxyl groups excluding tert-OH is 2. The molecule has 1 rings (SSSR count). The Morgan fingerprint density at radius 3 is 2.17 bits per heavy atom. The molecule has 1 heterocycles. The van der Waals surface area contributed by atoms with Gasteiger partial charge in [-0.15, -0.1) is 0 Å². The zero-order valence-corrected chi connectivity index (χ0v) is 12.7. The predicted octanol–water partition coefficient (Wildman–Crippen LogP) is -1.66. The minimum atomic E-state index is -1.45. The van der Waals surface area contributed by atoms with Crippen molar-refractivity contribution in [2.75, 3.05) is 46.2 Å². The summed E-state index contributed by atoms with van der Waals surface area (Å²) in [6, 6.07) is -2.60. The highest BCUT2D eigenvalue weighted by atomic mass is 16.7. The van der Waals surface area contributed by atoms with E-state index in [0.717, 1.165) is 0 Å². The molecule has 0 aromatic rings. The van der Waals surface area contributed by atoms with Crippen molar-refractivity contribution in [2.45, 2.75) is 30.6 Å². The lowest BCUT2D eigenvalue weighted by Gasteiger charge is -2.38. The second kappa shape index (κ2) is 11.5. The fraction of sp³-hybridized carbons (Fsp3) is 1.00. The molecule has 1 aliphatic rings. The van der Waals surface area contributed by atoms with Crippen LogP contribution in [0.2, 0.25) is 0 Å². The highest BCUT2D eigenvalue weighted by molar-refractivity contribution is 4.98. The van der Waals surface area contributed by atoms with E-state index < -0.39 is 37.2 Å². The maximum absolute atomic E-state index is 10.8. The molecule has 0 aromatic heterocycles. The van der Waals surface area contributed by atoms with Crippen LogP contribution in [0.3, 0.4) is 0 Å². The van der Waals surface area contributed by atoms with Crippen LogP contribution >= 0.6 is 0 Å². The molecule has 23 heavy (non-hydrogen) atoms. The first-order valence-electron chi connectivity index (χ1n) is 7.26. The first-order valence-corrected chi connectivity index (χ1v) is 7.26. The zero-order chi connectivity index (χ0) is 17.1. The largest absolute Gasteiger partial charge is 0.394 e. The maximum Gasteiger partial charge on any atom is 0.186 e.